The van der Waals surface area contributed by atoms with Crippen LogP contribution in [0.4, 0.5) is 5.82 Å². The highest BCUT2D eigenvalue weighted by atomic mass is 32.2. The number of aliphatic hydroxyl groups excluding tert-OH is 2. The number of nitrogens with two attached hydrogens (primary N) is 1. The molecule has 3 heterocycles. The number of hydrogen-bond donors (Lipinski definition) is 9. The number of anilines is 1. The van der Waals surface area contributed by atoms with E-state index < -0.39 is 84.6 Å². The molecule has 1 aliphatic heterocycles. The van der Waals surface area contributed by atoms with E-state index in [1.807, 2.05) is 12.2 Å². The van der Waals surface area contributed by atoms with Gasteiger partial charge in [-0.1, -0.05) is 76.1 Å². The molecule has 0 bridgehead atoms. The molecular formula is C33H54N7O17P3S. The van der Waals surface area contributed by atoms with Gasteiger partial charge in [-0.3, -0.25) is 32.5 Å². The Bertz CT molecular complexity index is 1980. The molecule has 2 unspecified atom stereocenters. The van der Waals surface area contributed by atoms with Crippen LogP contribution < -0.4 is 16.4 Å². The normalized spacial score (nSPS) is 21.1. The number of ether oxygens (including phenoxy) is 1. The fourth-order valence-electron chi connectivity index (χ4n) is 5.46. The number of phosphoric acid groups is 3. The minimum Gasteiger partial charge on any atom is -0.386 e. The van der Waals surface area contributed by atoms with Gasteiger partial charge in [0.25, 0.3) is 0 Å². The lowest BCUT2D eigenvalue weighted by Crippen LogP contribution is -2.46. The number of aromatic nitrogens is 4. The molecule has 0 saturated carbocycles. The van der Waals surface area contributed by atoms with Crippen molar-refractivity contribution in [3.8, 4) is 0 Å². The zero-order chi connectivity index (χ0) is 45.4. The zero-order valence-electron chi connectivity index (χ0n) is 33.6. The Balaban J connectivity index is 1.41. The van der Waals surface area contributed by atoms with Gasteiger partial charge in [-0.05, 0) is 12.8 Å². The van der Waals surface area contributed by atoms with Crippen LogP contribution in [0.25, 0.3) is 11.2 Å². The number of nitrogens with one attached hydrogen (secondary N) is 2. The number of hydrogen-bond acceptors (Lipinski definition) is 18. The summed E-state index contributed by atoms with van der Waals surface area (Å²) in [5, 5.41) is 26.4. The number of allylic oxidation sites excluding steroid dienone is 4. The van der Waals surface area contributed by atoms with Crippen LogP contribution in [-0.2, 0) is 50.7 Å². The van der Waals surface area contributed by atoms with Crippen molar-refractivity contribution in [3.05, 3.63) is 37.0 Å². The molecule has 2 aromatic rings. The van der Waals surface area contributed by atoms with Gasteiger partial charge in [0.1, 0.15) is 36.3 Å². The van der Waals surface area contributed by atoms with E-state index in [0.717, 1.165) is 41.8 Å². The third-order valence-corrected chi connectivity index (χ3v) is 12.7. The average Bonchev–Trinajstić information content (AvgIpc) is 3.73. The number of carbonyl (C=O) groups excluding carboxylic acids is 3. The van der Waals surface area contributed by atoms with Crippen LogP contribution in [0, 0.1) is 5.41 Å². The number of imidazole rings is 1. The predicted octanol–water partition coefficient (Wildman–Crippen LogP) is 2.14. The molecule has 0 aliphatic carbocycles. The highest BCUT2D eigenvalue weighted by Crippen LogP contribution is 2.61. The number of aliphatic hydroxyl groups is 2. The summed E-state index contributed by atoms with van der Waals surface area (Å²) < 4.78 is 62.2. The fourth-order valence-corrected chi connectivity index (χ4v) is 8.94. The molecule has 24 nitrogen and oxygen atoms in total. The van der Waals surface area contributed by atoms with Crippen LogP contribution in [0.2, 0.25) is 0 Å². The first-order valence-electron chi connectivity index (χ1n) is 18.9. The van der Waals surface area contributed by atoms with Gasteiger partial charge in [-0.25, -0.2) is 28.6 Å². The fraction of sp³-hybridized carbons (Fsp3) is 0.636. The zero-order valence-corrected chi connectivity index (χ0v) is 37.1. The second-order valence-electron chi connectivity index (χ2n) is 14.2. The van der Waals surface area contributed by atoms with E-state index >= 15 is 0 Å². The molecule has 61 heavy (non-hydrogen) atoms. The molecule has 0 radical (unpaired) electrons. The highest BCUT2D eigenvalue weighted by molar-refractivity contribution is 8.13. The molecule has 2 aromatic heterocycles. The molecule has 1 fully saturated rings. The lowest BCUT2D eigenvalue weighted by molar-refractivity contribution is -0.137. The molecule has 10 N–H and O–H groups in total. The van der Waals surface area contributed by atoms with Gasteiger partial charge >= 0.3 is 23.5 Å². The van der Waals surface area contributed by atoms with E-state index in [2.05, 4.69) is 47.4 Å². The minimum absolute atomic E-state index is 0.0306. The number of carbonyl (C=O) groups is 3. The monoisotopic (exact) mass is 945 g/mol. The van der Waals surface area contributed by atoms with Crippen LogP contribution in [0.1, 0.15) is 71.9 Å². The maximum atomic E-state index is 12.7. The Morgan fingerprint density at radius 3 is 2.43 bits per heavy atom. The average molecular weight is 946 g/mol. The van der Waals surface area contributed by atoms with Crippen molar-refractivity contribution in [3.63, 3.8) is 0 Å². The summed E-state index contributed by atoms with van der Waals surface area (Å²) in [4.78, 5) is 87.9. The Hall–Kier alpha value is -2.96. The summed E-state index contributed by atoms with van der Waals surface area (Å²) in [5.74, 6) is -1.11. The molecule has 0 aromatic carbocycles. The Labute approximate surface area is 355 Å². The maximum absolute atomic E-state index is 12.7. The molecule has 1 aliphatic rings. The Kier molecular flexibility index (Phi) is 20.8. The predicted molar refractivity (Wildman–Crippen MR) is 219 cm³/mol. The summed E-state index contributed by atoms with van der Waals surface area (Å²) in [6, 6.07) is 0. The van der Waals surface area contributed by atoms with E-state index in [-0.39, 0.29) is 48.0 Å². The van der Waals surface area contributed by atoms with Crippen molar-refractivity contribution < 1.29 is 80.5 Å². The number of fused-ring (bicyclic) bond motifs is 1. The van der Waals surface area contributed by atoms with Crippen LogP contribution in [0.15, 0.2) is 37.0 Å². The van der Waals surface area contributed by atoms with E-state index in [4.69, 9.17) is 19.5 Å². The van der Waals surface area contributed by atoms with Gasteiger partial charge in [0.05, 0.1) is 19.5 Å². The summed E-state index contributed by atoms with van der Waals surface area (Å²) in [6.07, 6.45) is 6.66. The second kappa shape index (κ2) is 24.2. The van der Waals surface area contributed by atoms with E-state index in [1.165, 1.54) is 33.1 Å². The van der Waals surface area contributed by atoms with E-state index in [9.17, 15) is 57.9 Å². The van der Waals surface area contributed by atoms with E-state index in [1.54, 1.807) is 6.08 Å². The molecule has 7 atom stereocenters. The van der Waals surface area contributed by atoms with Gasteiger partial charge in [0, 0.05) is 37.1 Å². The van der Waals surface area contributed by atoms with Crippen molar-refractivity contribution in [2.45, 2.75) is 96.4 Å². The number of thioether (sulfide) groups is 1. The van der Waals surface area contributed by atoms with Gasteiger partial charge in [-0.15, -0.1) is 0 Å². The number of phosphoric ester groups is 3. The third kappa shape index (κ3) is 18.0. The van der Waals surface area contributed by atoms with E-state index in [0.29, 0.717) is 5.75 Å². The van der Waals surface area contributed by atoms with Gasteiger partial charge in [-0.2, -0.15) is 4.31 Å². The molecule has 344 valence electrons. The molecule has 28 heteroatoms. The SMILES string of the molecule is CCCCCC/C=C\C=C/CC(=O)SCCNC(=O)CCNC(=O)[C@H](O)C(C)(C)COP(=O)(O)OP(=O)(O)OC[C@H]1O[C@@H](n2cnc3c(N)ncnc32)[C@H](O)[C@@H]1OP(=O)(O)O. The first-order valence-corrected chi connectivity index (χ1v) is 24.4. The molecule has 3 rings (SSSR count). The number of nitrogens with zero attached hydrogens (tertiary/aromatic N) is 4. The standard InChI is InChI=1S/C33H54N7O17P3S/c1-4-5-6-7-8-9-10-11-12-13-24(42)61-17-16-35-23(41)14-15-36-31(45)28(44)33(2,3)19-54-60(51,52)57-59(49,50)53-18-22-27(56-58(46,47)48)26(43)32(55-22)40-21-39-25-29(34)37-20-38-30(25)40/h9-12,20-22,26-28,32,43-44H,4-8,13-19H2,1-3H3,(H,35,41)(H,36,45)(H,49,50)(H,51,52)(H2,34,37,38)(H2,46,47,48)/b10-9-,12-11-/t22-,26-,27-,28+,32-/m1/s1. The smallest absolute Gasteiger partial charge is 0.386 e. The molecule has 0 spiro atoms. The molecule has 2 amide bonds. The summed E-state index contributed by atoms with van der Waals surface area (Å²) in [5.41, 5.74) is 4.27. The number of unbranched alkanes of at least 4 members (excludes halogenated alkanes) is 4. The third-order valence-electron chi connectivity index (χ3n) is 8.66. The maximum Gasteiger partial charge on any atom is 0.481 e. The molecular weight excluding hydrogens is 891 g/mol. The van der Waals surface area contributed by atoms with Crippen LogP contribution in [0.5, 0.6) is 0 Å². The Morgan fingerprint density at radius 2 is 1.72 bits per heavy atom. The topological polar surface area (TPSA) is 364 Å². The van der Waals surface area contributed by atoms with Crippen molar-refractivity contribution >= 4 is 69.1 Å². The number of amides is 2. The highest BCUT2D eigenvalue weighted by Gasteiger charge is 2.50. The summed E-state index contributed by atoms with van der Waals surface area (Å²) in [6.45, 7) is 2.65. The lowest BCUT2D eigenvalue weighted by Gasteiger charge is -2.30. The van der Waals surface area contributed by atoms with Gasteiger partial charge in [0.2, 0.25) is 11.8 Å². The first kappa shape index (κ1) is 52.4. The van der Waals surface area contributed by atoms with Crippen LogP contribution in [-0.4, -0.2) is 123 Å². The Morgan fingerprint density at radius 1 is 1.02 bits per heavy atom. The largest absolute Gasteiger partial charge is 0.481 e. The van der Waals surface area contributed by atoms with Crippen molar-refractivity contribution in [2.24, 2.45) is 5.41 Å². The second-order valence-corrected chi connectivity index (χ2v) is 19.6. The summed E-state index contributed by atoms with van der Waals surface area (Å²) >= 11 is 1.07. The van der Waals surface area contributed by atoms with Gasteiger partial charge in [0.15, 0.2) is 22.8 Å². The lowest BCUT2D eigenvalue weighted by atomic mass is 9.87. The van der Waals surface area contributed by atoms with Crippen molar-refractivity contribution in [2.75, 3.05) is 37.8 Å². The quantitative estimate of drug-likeness (QED) is 0.0352. The van der Waals surface area contributed by atoms with Crippen LogP contribution in [0.3, 0.4) is 0 Å². The van der Waals surface area contributed by atoms with Crippen molar-refractivity contribution in [1.82, 2.24) is 30.2 Å². The number of nitrogen functional groups attached to an aromatic ring is 1. The van der Waals surface area contributed by atoms with Crippen LogP contribution >= 0.6 is 35.2 Å². The number of rotatable bonds is 27. The first-order chi connectivity index (χ1) is 28.6. The van der Waals surface area contributed by atoms with Gasteiger partial charge < -0.3 is 50.9 Å². The molecule has 1 saturated heterocycles. The summed E-state index contributed by atoms with van der Waals surface area (Å²) in [7, 11) is -16.4. The minimum atomic E-state index is -5.57. The van der Waals surface area contributed by atoms with Crippen molar-refractivity contribution in [1.29, 1.82) is 0 Å².